The Morgan fingerprint density at radius 3 is 2.47 bits per heavy atom. The van der Waals surface area contributed by atoms with Gasteiger partial charge in [-0.3, -0.25) is 0 Å². The zero-order valence-electron chi connectivity index (χ0n) is 15.1. The van der Waals surface area contributed by atoms with Gasteiger partial charge in [-0.25, -0.2) is 9.37 Å². The Balaban J connectivity index is 1.81. The van der Waals surface area contributed by atoms with Gasteiger partial charge in [0, 0.05) is 5.92 Å². The van der Waals surface area contributed by atoms with E-state index < -0.39 is 33.5 Å². The Bertz CT molecular complexity index is 1190. The standard InChI is InChI=1S/C19H14F4N4O2S/c20-15-6-4-12(5-7-15)16-10-27(30(28,29)17-9-24-11-25-17)26-18(16)13-2-1-3-14(8-13)19(21,22)23/h1-9,11,16H,10H2,(H,24,25). The third kappa shape index (κ3) is 3.67. The first-order valence-electron chi connectivity index (χ1n) is 8.69. The van der Waals surface area contributed by atoms with E-state index in [9.17, 15) is 26.0 Å². The number of hydrogen-bond donors (Lipinski definition) is 1. The maximum absolute atomic E-state index is 13.4. The van der Waals surface area contributed by atoms with Crippen LogP contribution in [-0.2, 0) is 16.2 Å². The van der Waals surface area contributed by atoms with Gasteiger partial charge >= 0.3 is 6.18 Å². The summed E-state index contributed by atoms with van der Waals surface area (Å²) >= 11 is 0. The first-order chi connectivity index (χ1) is 14.2. The summed E-state index contributed by atoms with van der Waals surface area (Å²) in [5.41, 5.74) is -0.0948. The third-order valence-electron chi connectivity index (χ3n) is 4.67. The van der Waals surface area contributed by atoms with Crippen molar-refractivity contribution < 1.29 is 26.0 Å². The van der Waals surface area contributed by atoms with Crippen LogP contribution in [0.4, 0.5) is 17.6 Å². The zero-order valence-corrected chi connectivity index (χ0v) is 16.0. The van der Waals surface area contributed by atoms with Gasteiger partial charge in [-0.1, -0.05) is 24.3 Å². The molecule has 1 unspecified atom stereocenters. The number of rotatable bonds is 4. The van der Waals surface area contributed by atoms with Crippen LogP contribution in [0.2, 0.25) is 0 Å². The summed E-state index contributed by atoms with van der Waals surface area (Å²) in [6.07, 6.45) is -2.26. The normalized spacial score (nSPS) is 17.3. The van der Waals surface area contributed by atoms with Crippen LogP contribution in [0.5, 0.6) is 0 Å². The zero-order chi connectivity index (χ0) is 21.5. The minimum absolute atomic E-state index is 0.126. The molecule has 1 aliphatic heterocycles. The fourth-order valence-corrected chi connectivity index (χ4v) is 4.36. The van der Waals surface area contributed by atoms with Crippen LogP contribution in [0.3, 0.4) is 0 Å². The summed E-state index contributed by atoms with van der Waals surface area (Å²) in [5.74, 6) is -1.18. The molecule has 1 aliphatic rings. The summed E-state index contributed by atoms with van der Waals surface area (Å²) in [4.78, 5) is 6.18. The third-order valence-corrected chi connectivity index (χ3v) is 6.24. The highest BCUT2D eigenvalue weighted by Crippen LogP contribution is 2.34. The number of imidazole rings is 1. The van der Waals surface area contributed by atoms with Crippen molar-refractivity contribution in [1.82, 2.24) is 14.4 Å². The van der Waals surface area contributed by atoms with E-state index in [0.29, 0.717) is 5.56 Å². The average molecular weight is 438 g/mol. The van der Waals surface area contributed by atoms with Gasteiger partial charge in [0.05, 0.1) is 30.3 Å². The summed E-state index contributed by atoms with van der Waals surface area (Å²) in [5, 5.41) is 3.94. The number of nitrogens with zero attached hydrogens (tertiary/aromatic N) is 3. The molecule has 3 aromatic rings. The second kappa shape index (κ2) is 7.24. The van der Waals surface area contributed by atoms with Crippen molar-refractivity contribution in [2.24, 2.45) is 5.10 Å². The van der Waals surface area contributed by atoms with E-state index in [-0.39, 0.29) is 22.8 Å². The molecule has 2 heterocycles. The molecule has 156 valence electrons. The molecule has 11 heteroatoms. The first-order valence-corrected chi connectivity index (χ1v) is 10.1. The van der Waals surface area contributed by atoms with Gasteiger partial charge in [-0.15, -0.1) is 0 Å². The molecular formula is C19H14F4N4O2S. The number of benzene rings is 2. The lowest BCUT2D eigenvalue weighted by atomic mass is 9.90. The molecule has 4 rings (SSSR count). The Morgan fingerprint density at radius 1 is 1.10 bits per heavy atom. The molecule has 0 spiro atoms. The molecule has 1 atom stereocenters. The molecular weight excluding hydrogens is 424 g/mol. The van der Waals surface area contributed by atoms with Crippen LogP contribution in [0.15, 0.2) is 71.2 Å². The fourth-order valence-electron chi connectivity index (χ4n) is 3.20. The SMILES string of the molecule is O=S(=O)(c1cnc[nH]1)N1CC(c2ccc(F)cc2)C(c2cccc(C(F)(F)F)c2)=N1. The van der Waals surface area contributed by atoms with E-state index in [0.717, 1.165) is 22.7 Å². The summed E-state index contributed by atoms with van der Waals surface area (Å²) in [6.45, 7) is -0.154. The van der Waals surface area contributed by atoms with E-state index in [1.165, 1.54) is 42.7 Å². The van der Waals surface area contributed by atoms with Crippen LogP contribution < -0.4 is 0 Å². The van der Waals surface area contributed by atoms with Crippen molar-refractivity contribution in [3.05, 3.63) is 83.6 Å². The minimum Gasteiger partial charge on any atom is -0.334 e. The molecule has 0 aliphatic carbocycles. The van der Waals surface area contributed by atoms with E-state index in [2.05, 4.69) is 15.1 Å². The van der Waals surface area contributed by atoms with Crippen LogP contribution in [0.25, 0.3) is 0 Å². The van der Waals surface area contributed by atoms with Crippen LogP contribution in [0, 0.1) is 5.82 Å². The van der Waals surface area contributed by atoms with E-state index >= 15 is 0 Å². The molecule has 1 N–H and O–H groups in total. The number of halogens is 4. The van der Waals surface area contributed by atoms with Crippen molar-refractivity contribution in [2.45, 2.75) is 17.1 Å². The second-order valence-corrected chi connectivity index (χ2v) is 8.41. The lowest BCUT2D eigenvalue weighted by Gasteiger charge is -2.16. The van der Waals surface area contributed by atoms with Gasteiger partial charge in [0.1, 0.15) is 5.82 Å². The summed E-state index contributed by atoms with van der Waals surface area (Å²) < 4.78 is 79.4. The highest BCUT2D eigenvalue weighted by atomic mass is 32.2. The van der Waals surface area contributed by atoms with Gasteiger partial charge in [-0.05, 0) is 35.4 Å². The molecule has 1 aromatic heterocycles. The molecule has 30 heavy (non-hydrogen) atoms. The van der Waals surface area contributed by atoms with E-state index in [1.54, 1.807) is 0 Å². The minimum atomic E-state index is -4.57. The molecule has 0 radical (unpaired) electrons. The Morgan fingerprint density at radius 2 is 1.83 bits per heavy atom. The predicted octanol–water partition coefficient (Wildman–Crippen LogP) is 3.76. The van der Waals surface area contributed by atoms with Crippen LogP contribution in [0.1, 0.15) is 22.6 Å². The van der Waals surface area contributed by atoms with Crippen molar-refractivity contribution >= 4 is 15.7 Å². The van der Waals surface area contributed by atoms with Crippen molar-refractivity contribution in [3.63, 3.8) is 0 Å². The smallest absolute Gasteiger partial charge is 0.334 e. The molecule has 2 aromatic carbocycles. The average Bonchev–Trinajstić information content (AvgIpc) is 3.39. The topological polar surface area (TPSA) is 78.4 Å². The number of hydrogen-bond acceptors (Lipinski definition) is 4. The largest absolute Gasteiger partial charge is 0.416 e. The lowest BCUT2D eigenvalue weighted by Crippen LogP contribution is -2.26. The number of aromatic nitrogens is 2. The highest BCUT2D eigenvalue weighted by molar-refractivity contribution is 7.89. The quantitative estimate of drug-likeness (QED) is 0.630. The second-order valence-electron chi connectivity index (χ2n) is 6.59. The molecule has 0 amide bonds. The number of alkyl halides is 3. The van der Waals surface area contributed by atoms with Gasteiger partial charge in [-0.2, -0.15) is 31.1 Å². The van der Waals surface area contributed by atoms with Gasteiger partial charge in [0.25, 0.3) is 10.0 Å². The highest BCUT2D eigenvalue weighted by Gasteiger charge is 2.38. The molecule has 0 saturated carbocycles. The van der Waals surface area contributed by atoms with Crippen molar-refractivity contribution in [3.8, 4) is 0 Å². The van der Waals surface area contributed by atoms with Crippen molar-refractivity contribution in [1.29, 1.82) is 0 Å². The number of aromatic amines is 1. The van der Waals surface area contributed by atoms with Crippen LogP contribution >= 0.6 is 0 Å². The number of H-pyrrole nitrogens is 1. The van der Waals surface area contributed by atoms with Gasteiger partial charge < -0.3 is 4.98 Å². The van der Waals surface area contributed by atoms with E-state index in [1.807, 2.05) is 0 Å². The van der Waals surface area contributed by atoms with Gasteiger partial charge in [0.15, 0.2) is 5.03 Å². The molecule has 0 fully saturated rings. The Hall–Kier alpha value is -3.21. The summed E-state index contributed by atoms with van der Waals surface area (Å²) in [6, 6.07) is 9.80. The molecule has 0 bridgehead atoms. The van der Waals surface area contributed by atoms with E-state index in [4.69, 9.17) is 0 Å². The first kappa shape index (κ1) is 20.1. The monoisotopic (exact) mass is 438 g/mol. The van der Waals surface area contributed by atoms with Crippen LogP contribution in [-0.4, -0.2) is 35.1 Å². The number of sulfonamides is 1. The Kier molecular flexibility index (Phi) is 4.85. The maximum Gasteiger partial charge on any atom is 0.416 e. The maximum atomic E-state index is 13.4. The fraction of sp³-hybridized carbons (Fsp3) is 0.158. The summed E-state index contributed by atoms with van der Waals surface area (Å²) in [7, 11) is -4.09. The lowest BCUT2D eigenvalue weighted by molar-refractivity contribution is -0.137. The number of nitrogens with one attached hydrogen (secondary N) is 1. The molecule has 0 saturated heterocycles. The van der Waals surface area contributed by atoms with Gasteiger partial charge in [0.2, 0.25) is 0 Å². The predicted molar refractivity (Wildman–Crippen MR) is 99.6 cm³/mol. The number of hydrazone groups is 1. The van der Waals surface area contributed by atoms with Crippen molar-refractivity contribution in [2.75, 3.05) is 6.54 Å². The molecule has 6 nitrogen and oxygen atoms in total. The Labute approximate surface area is 168 Å².